The van der Waals surface area contributed by atoms with Crippen LogP contribution in [0, 0.1) is 5.92 Å². The summed E-state index contributed by atoms with van der Waals surface area (Å²) in [4.78, 5) is 39.7. The van der Waals surface area contributed by atoms with Crippen LogP contribution in [0.1, 0.15) is 36.3 Å². The number of likely N-dealkylation sites (tertiary alicyclic amines) is 2. The van der Waals surface area contributed by atoms with Crippen molar-refractivity contribution in [3.63, 3.8) is 0 Å². The van der Waals surface area contributed by atoms with Crippen LogP contribution in [0.3, 0.4) is 0 Å². The Morgan fingerprint density at radius 1 is 0.925 bits per heavy atom. The third-order valence-electron chi connectivity index (χ3n) is 8.55. The molecule has 2 atom stereocenters. The fourth-order valence-corrected chi connectivity index (χ4v) is 6.29. The van der Waals surface area contributed by atoms with Crippen molar-refractivity contribution in [1.82, 2.24) is 24.3 Å². The van der Waals surface area contributed by atoms with E-state index in [1.54, 1.807) is 18.3 Å². The molecule has 0 unspecified atom stereocenters. The zero-order valence-electron chi connectivity index (χ0n) is 22.6. The standard InChI is InChI=1S/C32H35N5O3/c38-30(26-13-17-35(20-24-8-3-1-4-9-24)21-27(26)25-10-5-2-6-11-25)36-18-14-32(40,15-19-36)22-37-23-34-28-12-7-16-33-29(28)31(37)39/h1-12,16,23,26-27,40H,13-15,17-22H2/t26-,27+/m0/s1. The topological polar surface area (TPSA) is 91.6 Å². The number of amides is 1. The Morgan fingerprint density at radius 3 is 2.40 bits per heavy atom. The van der Waals surface area contributed by atoms with Gasteiger partial charge in [-0.1, -0.05) is 60.7 Å². The Morgan fingerprint density at radius 2 is 1.65 bits per heavy atom. The van der Waals surface area contributed by atoms with Gasteiger partial charge in [-0.05, 0) is 49.1 Å². The monoisotopic (exact) mass is 537 g/mol. The number of fused-ring (bicyclic) bond motifs is 1. The Hall–Kier alpha value is -3.88. The Balaban J connectivity index is 1.13. The normalized spacial score (nSPS) is 21.4. The first-order chi connectivity index (χ1) is 19.5. The first-order valence-corrected chi connectivity index (χ1v) is 14.1. The summed E-state index contributed by atoms with van der Waals surface area (Å²) >= 11 is 0. The fraction of sp³-hybridized carbons (Fsp3) is 0.375. The number of hydrogen-bond donors (Lipinski definition) is 1. The number of aromatic nitrogens is 3. The third kappa shape index (κ3) is 5.55. The van der Waals surface area contributed by atoms with Crippen molar-refractivity contribution in [2.24, 2.45) is 5.92 Å². The van der Waals surface area contributed by atoms with E-state index < -0.39 is 5.60 Å². The summed E-state index contributed by atoms with van der Waals surface area (Å²) in [5.41, 5.74) is 1.98. The van der Waals surface area contributed by atoms with Crippen LogP contribution in [0.4, 0.5) is 0 Å². The highest BCUT2D eigenvalue weighted by molar-refractivity contribution is 5.80. The highest BCUT2D eigenvalue weighted by Crippen LogP contribution is 2.36. The lowest BCUT2D eigenvalue weighted by atomic mass is 9.79. The SMILES string of the molecule is O=C([C@H]1CCN(Cc2ccccc2)C[C@@H]1c1ccccc1)N1CCC(O)(Cn2cnc3cccnc3c2=O)CC1. The van der Waals surface area contributed by atoms with Crippen LogP contribution in [0.2, 0.25) is 0 Å². The summed E-state index contributed by atoms with van der Waals surface area (Å²) in [6.45, 7) is 3.65. The second-order valence-electron chi connectivity index (χ2n) is 11.2. The molecule has 2 aromatic heterocycles. The molecule has 4 heterocycles. The van der Waals surface area contributed by atoms with Gasteiger partial charge in [-0.3, -0.25) is 19.1 Å². The van der Waals surface area contributed by atoms with Gasteiger partial charge in [0.15, 0.2) is 5.52 Å². The van der Waals surface area contributed by atoms with Crippen LogP contribution >= 0.6 is 0 Å². The number of hydrogen-bond acceptors (Lipinski definition) is 6. The molecular formula is C32H35N5O3. The lowest BCUT2D eigenvalue weighted by Gasteiger charge is -2.43. The van der Waals surface area contributed by atoms with Crippen molar-refractivity contribution in [2.75, 3.05) is 26.2 Å². The minimum atomic E-state index is -1.08. The fourth-order valence-electron chi connectivity index (χ4n) is 6.29. The quantitative estimate of drug-likeness (QED) is 0.405. The number of aliphatic hydroxyl groups is 1. The van der Waals surface area contributed by atoms with E-state index in [1.165, 1.54) is 22.0 Å². The molecule has 0 spiro atoms. The van der Waals surface area contributed by atoms with Crippen LogP contribution in [-0.2, 0) is 17.9 Å². The molecule has 0 radical (unpaired) electrons. The first kappa shape index (κ1) is 26.3. The second kappa shape index (κ2) is 11.3. The van der Waals surface area contributed by atoms with Crippen LogP contribution in [-0.4, -0.2) is 67.1 Å². The summed E-state index contributed by atoms with van der Waals surface area (Å²) in [6, 6.07) is 24.4. The number of nitrogens with zero attached hydrogens (tertiary/aromatic N) is 5. The molecule has 1 amide bonds. The van der Waals surface area contributed by atoms with Gasteiger partial charge >= 0.3 is 0 Å². The van der Waals surface area contributed by atoms with E-state index in [1.807, 2.05) is 29.2 Å². The molecule has 2 saturated heterocycles. The predicted octanol–water partition coefficient (Wildman–Crippen LogP) is 3.45. The number of rotatable bonds is 6. The molecule has 2 aliphatic heterocycles. The smallest absolute Gasteiger partial charge is 0.279 e. The number of benzene rings is 2. The van der Waals surface area contributed by atoms with Gasteiger partial charge in [-0.2, -0.15) is 0 Å². The van der Waals surface area contributed by atoms with E-state index in [2.05, 4.69) is 51.3 Å². The van der Waals surface area contributed by atoms with E-state index in [-0.39, 0.29) is 29.8 Å². The third-order valence-corrected chi connectivity index (χ3v) is 8.55. The molecule has 8 heteroatoms. The maximum absolute atomic E-state index is 13.9. The summed E-state index contributed by atoms with van der Waals surface area (Å²) < 4.78 is 1.45. The molecule has 1 N–H and O–H groups in total. The van der Waals surface area contributed by atoms with Crippen LogP contribution < -0.4 is 5.56 Å². The molecule has 4 aromatic rings. The molecule has 0 bridgehead atoms. The van der Waals surface area contributed by atoms with Crippen molar-refractivity contribution in [1.29, 1.82) is 0 Å². The van der Waals surface area contributed by atoms with E-state index in [0.29, 0.717) is 37.0 Å². The van der Waals surface area contributed by atoms with Gasteiger partial charge in [0.1, 0.15) is 0 Å². The Kier molecular flexibility index (Phi) is 7.45. The van der Waals surface area contributed by atoms with Crippen molar-refractivity contribution in [2.45, 2.75) is 43.9 Å². The average Bonchev–Trinajstić information content (AvgIpc) is 3.00. The zero-order chi connectivity index (χ0) is 27.5. The molecule has 2 aliphatic rings. The summed E-state index contributed by atoms with van der Waals surface area (Å²) in [6.07, 6.45) is 4.68. The zero-order valence-corrected chi connectivity index (χ0v) is 22.6. The summed E-state index contributed by atoms with van der Waals surface area (Å²) in [5.74, 6) is 0.185. The van der Waals surface area contributed by atoms with Gasteiger partial charge in [-0.25, -0.2) is 9.97 Å². The Bertz CT molecular complexity index is 1520. The highest BCUT2D eigenvalue weighted by atomic mass is 16.3. The average molecular weight is 538 g/mol. The van der Waals surface area contributed by atoms with Crippen LogP contribution in [0.15, 0.2) is 90.1 Å². The van der Waals surface area contributed by atoms with Crippen molar-refractivity contribution < 1.29 is 9.90 Å². The van der Waals surface area contributed by atoms with Crippen molar-refractivity contribution in [3.05, 3.63) is 107 Å². The van der Waals surface area contributed by atoms with Crippen LogP contribution in [0.25, 0.3) is 11.0 Å². The first-order valence-electron chi connectivity index (χ1n) is 14.1. The molecule has 40 heavy (non-hydrogen) atoms. The maximum Gasteiger partial charge on any atom is 0.279 e. The molecule has 206 valence electrons. The van der Waals surface area contributed by atoms with E-state index in [9.17, 15) is 14.7 Å². The summed E-state index contributed by atoms with van der Waals surface area (Å²) in [7, 11) is 0. The predicted molar refractivity (Wildman–Crippen MR) is 154 cm³/mol. The molecule has 0 aliphatic carbocycles. The van der Waals surface area contributed by atoms with Gasteiger partial charge in [0.25, 0.3) is 5.56 Å². The number of pyridine rings is 1. The molecule has 0 saturated carbocycles. The lowest BCUT2D eigenvalue weighted by molar-refractivity contribution is -0.142. The molecule has 2 aromatic carbocycles. The van der Waals surface area contributed by atoms with Gasteiger partial charge in [-0.15, -0.1) is 0 Å². The van der Waals surface area contributed by atoms with Gasteiger partial charge in [0.05, 0.1) is 24.0 Å². The summed E-state index contributed by atoms with van der Waals surface area (Å²) in [5, 5.41) is 11.4. The number of carbonyl (C=O) groups is 1. The highest BCUT2D eigenvalue weighted by Gasteiger charge is 2.40. The molecule has 2 fully saturated rings. The van der Waals surface area contributed by atoms with Crippen molar-refractivity contribution >= 4 is 16.9 Å². The van der Waals surface area contributed by atoms with Gasteiger partial charge < -0.3 is 10.0 Å². The second-order valence-corrected chi connectivity index (χ2v) is 11.2. The minimum absolute atomic E-state index is 0.0982. The van der Waals surface area contributed by atoms with E-state index >= 15 is 0 Å². The number of carbonyl (C=O) groups excluding carboxylic acids is 1. The van der Waals surface area contributed by atoms with Crippen LogP contribution in [0.5, 0.6) is 0 Å². The van der Waals surface area contributed by atoms with E-state index in [4.69, 9.17) is 0 Å². The van der Waals surface area contributed by atoms with Gasteiger partial charge in [0, 0.05) is 44.2 Å². The maximum atomic E-state index is 13.9. The number of piperidine rings is 2. The van der Waals surface area contributed by atoms with Gasteiger partial charge in [0.2, 0.25) is 5.91 Å². The van der Waals surface area contributed by atoms with E-state index in [0.717, 1.165) is 26.1 Å². The molecule has 6 rings (SSSR count). The Labute approximate surface area is 233 Å². The van der Waals surface area contributed by atoms with Crippen molar-refractivity contribution in [3.8, 4) is 0 Å². The lowest BCUT2D eigenvalue weighted by Crippen LogP contribution is -2.53. The minimum Gasteiger partial charge on any atom is -0.388 e. The molecular weight excluding hydrogens is 502 g/mol. The largest absolute Gasteiger partial charge is 0.388 e. The molecule has 8 nitrogen and oxygen atoms in total.